The minimum atomic E-state index is 0. The Hall–Kier alpha value is -1.22. The van der Waals surface area contributed by atoms with Gasteiger partial charge < -0.3 is 24.4 Å². The largest absolute Gasteiger partial charge is 0.493 e. The van der Waals surface area contributed by atoms with Gasteiger partial charge in [-0.15, -0.1) is 24.0 Å². The average Bonchev–Trinajstić information content (AvgIpc) is 3.51. The summed E-state index contributed by atoms with van der Waals surface area (Å²) in [5, 5.41) is 3.36. The number of likely N-dealkylation sites (N-methyl/N-ethyl adjacent to an activating group) is 1. The van der Waals surface area contributed by atoms with Gasteiger partial charge in [0.05, 0.1) is 20.8 Å². The number of halogens is 1. The van der Waals surface area contributed by atoms with Gasteiger partial charge in [0.1, 0.15) is 0 Å². The van der Waals surface area contributed by atoms with Crippen molar-refractivity contribution in [2.75, 3.05) is 54.1 Å². The molecule has 1 fully saturated rings. The first-order chi connectivity index (χ1) is 13.2. The highest BCUT2D eigenvalue weighted by Crippen LogP contribution is 2.29. The zero-order chi connectivity index (χ0) is 19.5. The number of nitrogens with one attached hydrogen (secondary N) is 1. The molecule has 1 saturated carbocycles. The smallest absolute Gasteiger partial charge is 0.193 e. The lowest BCUT2D eigenvalue weighted by molar-refractivity contribution is 0.115. The highest BCUT2D eigenvalue weighted by atomic mass is 127. The van der Waals surface area contributed by atoms with Crippen LogP contribution in [0.3, 0.4) is 0 Å². The molecule has 28 heavy (non-hydrogen) atoms. The fourth-order valence-corrected chi connectivity index (χ4v) is 2.82. The molecule has 160 valence electrons. The van der Waals surface area contributed by atoms with Crippen molar-refractivity contribution in [3.8, 4) is 11.5 Å². The number of aliphatic imine (C=N–C) groups is 1. The van der Waals surface area contributed by atoms with Crippen LogP contribution >= 0.6 is 24.0 Å². The zero-order valence-electron chi connectivity index (χ0n) is 17.7. The van der Waals surface area contributed by atoms with Gasteiger partial charge in [-0.05, 0) is 56.2 Å². The molecular formula is C21H36IN3O3. The van der Waals surface area contributed by atoms with Gasteiger partial charge in [0.15, 0.2) is 17.5 Å². The first-order valence-corrected chi connectivity index (χ1v) is 9.96. The van der Waals surface area contributed by atoms with Crippen LogP contribution in [0.1, 0.15) is 31.7 Å². The lowest BCUT2D eigenvalue weighted by atomic mass is 10.1. The van der Waals surface area contributed by atoms with Crippen molar-refractivity contribution in [3.05, 3.63) is 23.8 Å². The third kappa shape index (κ3) is 8.86. The summed E-state index contributed by atoms with van der Waals surface area (Å²) < 4.78 is 16.4. The summed E-state index contributed by atoms with van der Waals surface area (Å²) in [6.45, 7) is 6.26. The number of guanidine groups is 1. The number of rotatable bonds is 12. The van der Waals surface area contributed by atoms with Crippen LogP contribution in [-0.4, -0.2) is 65.0 Å². The Morgan fingerprint density at radius 2 is 1.96 bits per heavy atom. The lowest BCUT2D eigenvalue weighted by Crippen LogP contribution is -2.40. The number of hydrogen-bond acceptors (Lipinski definition) is 4. The third-order valence-corrected chi connectivity index (χ3v) is 4.65. The van der Waals surface area contributed by atoms with Gasteiger partial charge in [-0.1, -0.05) is 6.07 Å². The standard InChI is InChI=1S/C21H35N3O3.HI/c1-5-22-21(24(2)13-14-27-16-18-8-9-18)23-12-6-7-17-10-11-19(25-3)20(15-17)26-4;/h10-11,15,18H,5-9,12-14,16H2,1-4H3,(H,22,23);1H. The predicted octanol–water partition coefficient (Wildman–Crippen LogP) is 3.58. The van der Waals surface area contributed by atoms with Crippen LogP contribution < -0.4 is 14.8 Å². The van der Waals surface area contributed by atoms with Gasteiger partial charge in [-0.25, -0.2) is 0 Å². The van der Waals surface area contributed by atoms with E-state index in [1.807, 2.05) is 12.1 Å². The van der Waals surface area contributed by atoms with E-state index in [1.54, 1.807) is 14.2 Å². The van der Waals surface area contributed by atoms with Gasteiger partial charge in [-0.3, -0.25) is 4.99 Å². The first kappa shape index (κ1) is 24.8. The van der Waals surface area contributed by atoms with E-state index >= 15 is 0 Å². The maximum absolute atomic E-state index is 5.73. The van der Waals surface area contributed by atoms with Crippen LogP contribution in [-0.2, 0) is 11.2 Å². The summed E-state index contributed by atoms with van der Waals surface area (Å²) in [7, 11) is 5.39. The van der Waals surface area contributed by atoms with Crippen LogP contribution in [0.25, 0.3) is 0 Å². The van der Waals surface area contributed by atoms with Gasteiger partial charge >= 0.3 is 0 Å². The Morgan fingerprint density at radius 3 is 2.61 bits per heavy atom. The molecule has 7 heteroatoms. The second kappa shape index (κ2) is 13.9. The maximum atomic E-state index is 5.73. The highest BCUT2D eigenvalue weighted by molar-refractivity contribution is 14.0. The molecule has 0 bridgehead atoms. The van der Waals surface area contributed by atoms with Crippen molar-refractivity contribution in [1.82, 2.24) is 10.2 Å². The van der Waals surface area contributed by atoms with Gasteiger partial charge in [0, 0.05) is 33.3 Å². The van der Waals surface area contributed by atoms with E-state index in [1.165, 1.54) is 18.4 Å². The number of aryl methyl sites for hydroxylation is 1. The summed E-state index contributed by atoms with van der Waals surface area (Å²) >= 11 is 0. The molecule has 0 amide bonds. The Morgan fingerprint density at radius 1 is 1.21 bits per heavy atom. The molecule has 1 N–H and O–H groups in total. The van der Waals surface area contributed by atoms with E-state index in [9.17, 15) is 0 Å². The fraction of sp³-hybridized carbons (Fsp3) is 0.667. The topological polar surface area (TPSA) is 55.3 Å². The summed E-state index contributed by atoms with van der Waals surface area (Å²) in [6, 6.07) is 6.08. The van der Waals surface area contributed by atoms with Gasteiger partial charge in [0.25, 0.3) is 0 Å². The quantitative estimate of drug-likeness (QED) is 0.204. The van der Waals surface area contributed by atoms with Crippen LogP contribution in [0, 0.1) is 5.92 Å². The summed E-state index contributed by atoms with van der Waals surface area (Å²) in [5.41, 5.74) is 1.23. The van der Waals surface area contributed by atoms with Gasteiger partial charge in [0.2, 0.25) is 0 Å². The molecule has 0 saturated heterocycles. The number of nitrogens with zero attached hydrogens (tertiary/aromatic N) is 2. The van der Waals surface area contributed by atoms with E-state index in [0.717, 1.165) is 69.1 Å². The number of benzene rings is 1. The van der Waals surface area contributed by atoms with E-state index in [-0.39, 0.29) is 24.0 Å². The maximum Gasteiger partial charge on any atom is 0.193 e. The molecule has 0 heterocycles. The van der Waals surface area contributed by atoms with Gasteiger partial charge in [-0.2, -0.15) is 0 Å². The van der Waals surface area contributed by atoms with Crippen molar-refractivity contribution in [2.24, 2.45) is 10.9 Å². The summed E-state index contributed by atoms with van der Waals surface area (Å²) in [4.78, 5) is 6.90. The molecule has 0 aliphatic heterocycles. The Labute approximate surface area is 187 Å². The molecule has 1 aromatic rings. The van der Waals surface area contributed by atoms with Crippen LogP contribution in [0.15, 0.2) is 23.2 Å². The Balaban J connectivity index is 0.00000392. The highest BCUT2D eigenvalue weighted by Gasteiger charge is 2.21. The van der Waals surface area contributed by atoms with Crippen LogP contribution in [0.2, 0.25) is 0 Å². The first-order valence-electron chi connectivity index (χ1n) is 9.96. The molecule has 2 rings (SSSR count). The van der Waals surface area contributed by atoms with E-state index < -0.39 is 0 Å². The molecule has 0 atom stereocenters. The number of ether oxygens (including phenoxy) is 3. The summed E-state index contributed by atoms with van der Waals surface area (Å²) in [6.07, 6.45) is 4.61. The molecular weight excluding hydrogens is 469 g/mol. The average molecular weight is 505 g/mol. The minimum Gasteiger partial charge on any atom is -0.493 e. The molecule has 6 nitrogen and oxygen atoms in total. The molecule has 0 unspecified atom stereocenters. The van der Waals surface area contributed by atoms with E-state index in [2.05, 4.69) is 30.3 Å². The third-order valence-electron chi connectivity index (χ3n) is 4.65. The molecule has 1 aliphatic rings. The van der Waals surface area contributed by atoms with Crippen molar-refractivity contribution in [2.45, 2.75) is 32.6 Å². The van der Waals surface area contributed by atoms with Crippen molar-refractivity contribution in [1.29, 1.82) is 0 Å². The van der Waals surface area contributed by atoms with Crippen LogP contribution in [0.5, 0.6) is 11.5 Å². The molecule has 0 aromatic heterocycles. The molecule has 1 aromatic carbocycles. The number of hydrogen-bond donors (Lipinski definition) is 1. The van der Waals surface area contributed by atoms with Crippen molar-refractivity contribution in [3.63, 3.8) is 0 Å². The van der Waals surface area contributed by atoms with Crippen LogP contribution in [0.4, 0.5) is 0 Å². The predicted molar refractivity (Wildman–Crippen MR) is 125 cm³/mol. The normalized spacial score (nSPS) is 13.6. The Kier molecular flexibility index (Phi) is 12.3. The molecule has 0 spiro atoms. The molecule has 0 radical (unpaired) electrons. The SMILES string of the molecule is CCNC(=NCCCc1ccc(OC)c(OC)c1)N(C)CCOCC1CC1.I. The lowest BCUT2D eigenvalue weighted by Gasteiger charge is -2.22. The second-order valence-electron chi connectivity index (χ2n) is 6.97. The number of methoxy groups -OCH3 is 2. The fourth-order valence-electron chi connectivity index (χ4n) is 2.82. The minimum absolute atomic E-state index is 0. The van der Waals surface area contributed by atoms with Crippen molar-refractivity contribution < 1.29 is 14.2 Å². The molecule has 1 aliphatic carbocycles. The second-order valence-corrected chi connectivity index (χ2v) is 6.97. The summed E-state index contributed by atoms with van der Waals surface area (Å²) in [5.74, 6) is 3.30. The van der Waals surface area contributed by atoms with E-state index in [4.69, 9.17) is 19.2 Å². The zero-order valence-corrected chi connectivity index (χ0v) is 20.0. The monoisotopic (exact) mass is 505 g/mol. The van der Waals surface area contributed by atoms with E-state index in [0.29, 0.717) is 0 Å². The van der Waals surface area contributed by atoms with Crippen molar-refractivity contribution >= 4 is 29.9 Å². The Bertz CT molecular complexity index is 594.